The first-order valence-corrected chi connectivity index (χ1v) is 7.18. The van der Waals surface area contributed by atoms with Gasteiger partial charge in [0, 0.05) is 30.4 Å². The van der Waals surface area contributed by atoms with Crippen LogP contribution in [0, 0.1) is 0 Å². The van der Waals surface area contributed by atoms with Gasteiger partial charge in [0.1, 0.15) is 0 Å². The fourth-order valence-corrected chi connectivity index (χ4v) is 2.54. The minimum Gasteiger partial charge on any atom is -0.337 e. The quantitative estimate of drug-likeness (QED) is 0.818. The summed E-state index contributed by atoms with van der Waals surface area (Å²) in [6.07, 6.45) is 7.81. The lowest BCUT2D eigenvalue weighted by atomic mass is 10.2. The molecule has 1 atom stereocenters. The highest BCUT2D eigenvalue weighted by atomic mass is 35.5. The van der Waals surface area contributed by atoms with Crippen molar-refractivity contribution in [2.75, 3.05) is 13.1 Å². The Bertz CT molecular complexity index is 636. The Labute approximate surface area is 127 Å². The van der Waals surface area contributed by atoms with Crippen molar-refractivity contribution in [1.82, 2.24) is 19.9 Å². The van der Waals surface area contributed by atoms with Gasteiger partial charge in [-0.15, -0.1) is 5.10 Å². The topological polar surface area (TPSA) is 51.0 Å². The lowest BCUT2D eigenvalue weighted by Crippen LogP contribution is -2.27. The summed E-state index contributed by atoms with van der Waals surface area (Å²) in [5.41, 5.74) is 0.958. The lowest BCUT2D eigenvalue weighted by Gasteiger charge is -2.14. The molecule has 6 heteroatoms. The van der Waals surface area contributed by atoms with E-state index in [0.717, 1.165) is 18.5 Å². The number of carbonyl (C=O) groups is 1. The summed E-state index contributed by atoms with van der Waals surface area (Å²) < 4.78 is 1.82. The maximum absolute atomic E-state index is 12.2. The first kappa shape index (κ1) is 13.8. The Morgan fingerprint density at radius 3 is 2.86 bits per heavy atom. The number of amides is 1. The van der Waals surface area contributed by atoms with Crippen LogP contribution in [0.25, 0.3) is 6.08 Å². The first-order valence-electron chi connectivity index (χ1n) is 6.81. The fraction of sp³-hybridized carbons (Fsp3) is 0.267. The van der Waals surface area contributed by atoms with E-state index in [2.05, 4.69) is 10.3 Å². The molecular formula is C15H15ClN4O. The molecule has 3 rings (SSSR count). The summed E-state index contributed by atoms with van der Waals surface area (Å²) in [6, 6.07) is 7.60. The number of hydrogen-bond donors (Lipinski definition) is 0. The highest BCUT2D eigenvalue weighted by molar-refractivity contribution is 6.30. The molecule has 2 aromatic rings. The molecule has 1 amide bonds. The van der Waals surface area contributed by atoms with Crippen LogP contribution in [-0.4, -0.2) is 38.9 Å². The molecule has 1 aromatic carbocycles. The van der Waals surface area contributed by atoms with Gasteiger partial charge in [0.25, 0.3) is 0 Å². The SMILES string of the molecule is O=C(/C=C/c1ccc(Cl)cc1)N1CCC(n2ccnn2)C1. The van der Waals surface area contributed by atoms with Gasteiger partial charge in [-0.1, -0.05) is 28.9 Å². The zero-order valence-corrected chi connectivity index (χ0v) is 12.1. The van der Waals surface area contributed by atoms with Crippen molar-refractivity contribution in [3.8, 4) is 0 Å². The van der Waals surface area contributed by atoms with Crippen LogP contribution in [0.5, 0.6) is 0 Å². The van der Waals surface area contributed by atoms with Gasteiger partial charge in [-0.3, -0.25) is 4.79 Å². The minimum atomic E-state index is 0.0209. The normalized spacial score (nSPS) is 18.5. The monoisotopic (exact) mass is 302 g/mol. The zero-order valence-electron chi connectivity index (χ0n) is 11.4. The van der Waals surface area contributed by atoms with Gasteiger partial charge in [0.15, 0.2) is 0 Å². The first-order chi connectivity index (χ1) is 10.2. The van der Waals surface area contributed by atoms with Crippen LogP contribution < -0.4 is 0 Å². The summed E-state index contributed by atoms with van der Waals surface area (Å²) in [4.78, 5) is 14.0. The summed E-state index contributed by atoms with van der Waals surface area (Å²) >= 11 is 5.83. The second-order valence-electron chi connectivity index (χ2n) is 4.99. The maximum atomic E-state index is 12.2. The molecule has 1 saturated heterocycles. The highest BCUT2D eigenvalue weighted by Crippen LogP contribution is 2.20. The van der Waals surface area contributed by atoms with Gasteiger partial charge in [-0.2, -0.15) is 0 Å². The van der Waals surface area contributed by atoms with Crippen molar-refractivity contribution in [3.63, 3.8) is 0 Å². The summed E-state index contributed by atoms with van der Waals surface area (Å²) in [5.74, 6) is 0.0209. The third kappa shape index (κ3) is 3.31. The van der Waals surface area contributed by atoms with E-state index in [1.165, 1.54) is 0 Å². The van der Waals surface area contributed by atoms with E-state index in [1.807, 2.05) is 40.0 Å². The van der Waals surface area contributed by atoms with E-state index in [9.17, 15) is 4.79 Å². The average molecular weight is 303 g/mol. The predicted molar refractivity (Wildman–Crippen MR) is 80.7 cm³/mol. The molecule has 0 spiro atoms. The van der Waals surface area contributed by atoms with Crippen molar-refractivity contribution in [3.05, 3.63) is 53.3 Å². The molecule has 1 fully saturated rings. The molecule has 0 bridgehead atoms. The van der Waals surface area contributed by atoms with Crippen LogP contribution in [0.15, 0.2) is 42.7 Å². The van der Waals surface area contributed by atoms with Crippen molar-refractivity contribution >= 4 is 23.6 Å². The molecule has 0 saturated carbocycles. The summed E-state index contributed by atoms with van der Waals surface area (Å²) in [6.45, 7) is 1.42. The molecule has 0 aliphatic carbocycles. The van der Waals surface area contributed by atoms with Gasteiger partial charge >= 0.3 is 0 Å². The van der Waals surface area contributed by atoms with Crippen LogP contribution in [0.1, 0.15) is 18.0 Å². The molecule has 0 radical (unpaired) electrons. The van der Waals surface area contributed by atoms with Crippen molar-refractivity contribution in [2.45, 2.75) is 12.5 Å². The predicted octanol–water partition coefficient (Wildman–Crippen LogP) is 2.42. The van der Waals surface area contributed by atoms with Crippen LogP contribution in [0.3, 0.4) is 0 Å². The Kier molecular flexibility index (Phi) is 4.01. The average Bonchev–Trinajstić information content (AvgIpc) is 3.17. The Balaban J connectivity index is 1.60. The van der Waals surface area contributed by atoms with Crippen LogP contribution in [-0.2, 0) is 4.79 Å². The van der Waals surface area contributed by atoms with Gasteiger partial charge < -0.3 is 4.90 Å². The fourth-order valence-electron chi connectivity index (χ4n) is 2.42. The number of rotatable bonds is 3. The van der Waals surface area contributed by atoms with E-state index < -0.39 is 0 Å². The third-order valence-electron chi connectivity index (χ3n) is 3.58. The molecular weight excluding hydrogens is 288 g/mol. The van der Waals surface area contributed by atoms with Gasteiger partial charge in [-0.25, -0.2) is 4.68 Å². The zero-order chi connectivity index (χ0) is 14.7. The Hall–Kier alpha value is -2.14. The van der Waals surface area contributed by atoms with Crippen molar-refractivity contribution in [2.24, 2.45) is 0 Å². The van der Waals surface area contributed by atoms with E-state index in [0.29, 0.717) is 11.6 Å². The lowest BCUT2D eigenvalue weighted by molar-refractivity contribution is -0.125. The maximum Gasteiger partial charge on any atom is 0.246 e. The van der Waals surface area contributed by atoms with Gasteiger partial charge in [-0.05, 0) is 30.2 Å². The number of carbonyl (C=O) groups excluding carboxylic acids is 1. The van der Waals surface area contributed by atoms with E-state index in [-0.39, 0.29) is 11.9 Å². The van der Waals surface area contributed by atoms with Crippen LogP contribution in [0.4, 0.5) is 0 Å². The van der Waals surface area contributed by atoms with Crippen molar-refractivity contribution in [1.29, 1.82) is 0 Å². The van der Waals surface area contributed by atoms with E-state index >= 15 is 0 Å². The molecule has 1 aliphatic heterocycles. The highest BCUT2D eigenvalue weighted by Gasteiger charge is 2.26. The Morgan fingerprint density at radius 2 is 2.14 bits per heavy atom. The van der Waals surface area contributed by atoms with Crippen LogP contribution >= 0.6 is 11.6 Å². The van der Waals surface area contributed by atoms with Crippen LogP contribution in [0.2, 0.25) is 5.02 Å². The number of hydrogen-bond acceptors (Lipinski definition) is 3. The van der Waals surface area contributed by atoms with Gasteiger partial charge in [0.05, 0.1) is 12.2 Å². The summed E-state index contributed by atoms with van der Waals surface area (Å²) in [5, 5.41) is 8.49. The number of halogens is 1. The largest absolute Gasteiger partial charge is 0.337 e. The molecule has 1 aliphatic rings. The van der Waals surface area contributed by atoms with Gasteiger partial charge in [0.2, 0.25) is 5.91 Å². The minimum absolute atomic E-state index is 0.0209. The molecule has 0 N–H and O–H groups in total. The Morgan fingerprint density at radius 1 is 1.33 bits per heavy atom. The molecule has 5 nitrogen and oxygen atoms in total. The van der Waals surface area contributed by atoms with Crippen molar-refractivity contribution < 1.29 is 4.79 Å². The second kappa shape index (κ2) is 6.10. The molecule has 1 aromatic heterocycles. The second-order valence-corrected chi connectivity index (χ2v) is 5.43. The van der Waals surface area contributed by atoms with E-state index in [1.54, 1.807) is 18.3 Å². The standard InChI is InChI=1S/C15H15ClN4O/c16-13-4-1-12(2-5-13)3-6-15(21)19-9-7-14(11-19)20-10-8-17-18-20/h1-6,8,10,14H,7,9,11H2/b6-3+. The number of nitrogens with zero attached hydrogens (tertiary/aromatic N) is 4. The number of aromatic nitrogens is 3. The smallest absolute Gasteiger partial charge is 0.246 e. The molecule has 1 unspecified atom stereocenters. The molecule has 108 valence electrons. The number of likely N-dealkylation sites (tertiary alicyclic amines) is 1. The molecule has 21 heavy (non-hydrogen) atoms. The number of benzene rings is 1. The van der Waals surface area contributed by atoms with E-state index in [4.69, 9.17) is 11.6 Å². The molecule has 2 heterocycles. The third-order valence-corrected chi connectivity index (χ3v) is 3.83. The summed E-state index contributed by atoms with van der Waals surface area (Å²) in [7, 11) is 0.